The van der Waals surface area contributed by atoms with Crippen molar-refractivity contribution in [1.29, 1.82) is 0 Å². The molecule has 4 aromatic rings. The van der Waals surface area contributed by atoms with Crippen molar-refractivity contribution in [3.05, 3.63) is 108 Å². The molecular formula is C26H20N4O2. The van der Waals surface area contributed by atoms with Crippen LogP contribution in [0.3, 0.4) is 0 Å². The van der Waals surface area contributed by atoms with E-state index in [9.17, 15) is 10.2 Å². The van der Waals surface area contributed by atoms with Crippen LogP contribution in [0.5, 0.6) is 11.5 Å². The predicted octanol–water partition coefficient (Wildman–Crippen LogP) is 8.10. The van der Waals surface area contributed by atoms with Gasteiger partial charge in [-0.15, -0.1) is 0 Å². The van der Waals surface area contributed by atoms with Gasteiger partial charge < -0.3 is 10.2 Å². The Balaban J connectivity index is 1.35. The highest BCUT2D eigenvalue weighted by Crippen LogP contribution is 2.23. The normalized spacial score (nSPS) is 11.6. The van der Waals surface area contributed by atoms with Crippen molar-refractivity contribution in [2.45, 2.75) is 0 Å². The Kier molecular flexibility index (Phi) is 6.43. The summed E-state index contributed by atoms with van der Waals surface area (Å²) in [7, 11) is 0. The molecule has 0 amide bonds. The Morgan fingerprint density at radius 1 is 0.375 bits per heavy atom. The molecule has 0 spiro atoms. The number of aromatic hydroxyl groups is 2. The summed E-state index contributed by atoms with van der Waals surface area (Å²) in [6, 6.07) is 28.6. The molecule has 156 valence electrons. The molecule has 2 N–H and O–H groups in total. The molecule has 6 nitrogen and oxygen atoms in total. The quantitative estimate of drug-likeness (QED) is 0.244. The maximum Gasteiger partial charge on any atom is 0.115 e. The predicted molar refractivity (Wildman–Crippen MR) is 126 cm³/mol. The molecule has 0 radical (unpaired) electrons. The van der Waals surface area contributed by atoms with Gasteiger partial charge in [0, 0.05) is 0 Å². The first kappa shape index (κ1) is 20.7. The van der Waals surface area contributed by atoms with Gasteiger partial charge >= 0.3 is 0 Å². The first-order chi connectivity index (χ1) is 15.6. The Bertz CT molecular complexity index is 1140. The third-order valence-electron chi connectivity index (χ3n) is 4.52. The summed E-state index contributed by atoms with van der Waals surface area (Å²) in [5.74, 6) is 0.404. The summed E-state index contributed by atoms with van der Waals surface area (Å²) in [4.78, 5) is 0. The topological polar surface area (TPSA) is 89.9 Å². The number of hydrogen-bond donors (Lipinski definition) is 2. The van der Waals surface area contributed by atoms with Crippen LogP contribution >= 0.6 is 0 Å². The number of hydrogen-bond acceptors (Lipinski definition) is 6. The molecule has 0 aromatic heterocycles. The van der Waals surface area contributed by atoms with Crippen molar-refractivity contribution in [3.8, 4) is 11.5 Å². The van der Waals surface area contributed by atoms with Crippen LogP contribution in [-0.4, -0.2) is 10.2 Å². The number of benzene rings is 4. The number of phenolic OH excluding ortho intramolecular Hbond substituents is 2. The molecule has 0 aliphatic rings. The molecule has 4 rings (SSSR count). The van der Waals surface area contributed by atoms with Crippen molar-refractivity contribution < 1.29 is 10.2 Å². The summed E-state index contributed by atoms with van der Waals surface area (Å²) in [5, 5.41) is 35.3. The van der Waals surface area contributed by atoms with E-state index < -0.39 is 0 Å². The maximum absolute atomic E-state index is 9.30. The molecule has 0 aliphatic heterocycles. The third kappa shape index (κ3) is 5.96. The molecule has 4 aromatic carbocycles. The van der Waals surface area contributed by atoms with Crippen LogP contribution in [0, 0.1) is 0 Å². The summed E-state index contributed by atoms with van der Waals surface area (Å²) >= 11 is 0. The van der Waals surface area contributed by atoms with E-state index in [0.717, 1.165) is 22.5 Å². The lowest BCUT2D eigenvalue weighted by atomic mass is 10.1. The van der Waals surface area contributed by atoms with E-state index in [0.29, 0.717) is 11.4 Å². The molecule has 0 unspecified atom stereocenters. The van der Waals surface area contributed by atoms with E-state index >= 15 is 0 Å². The van der Waals surface area contributed by atoms with Gasteiger partial charge in [-0.3, -0.25) is 0 Å². The SMILES string of the molecule is Oc1ccc(/N=N/c2ccc(/C=C/c3ccc(/N=N/c4ccc(O)cc4)cc3)cc2)cc1. The summed E-state index contributed by atoms with van der Waals surface area (Å²) in [6.45, 7) is 0. The second-order valence-corrected chi connectivity index (χ2v) is 6.95. The molecule has 0 heterocycles. The molecule has 0 aliphatic carbocycles. The molecule has 6 heteroatoms. The Hall–Kier alpha value is -4.58. The number of rotatable bonds is 6. The van der Waals surface area contributed by atoms with Gasteiger partial charge in [0.15, 0.2) is 0 Å². The molecule has 32 heavy (non-hydrogen) atoms. The molecule has 0 saturated carbocycles. The number of azo groups is 2. The minimum atomic E-state index is 0.202. The van der Waals surface area contributed by atoms with E-state index in [2.05, 4.69) is 20.5 Å². The Morgan fingerprint density at radius 3 is 0.906 bits per heavy atom. The minimum Gasteiger partial charge on any atom is -0.508 e. The zero-order valence-corrected chi connectivity index (χ0v) is 17.1. The minimum absolute atomic E-state index is 0.202. The maximum atomic E-state index is 9.30. The summed E-state index contributed by atoms with van der Waals surface area (Å²) in [6.07, 6.45) is 4.04. The lowest BCUT2D eigenvalue weighted by Gasteiger charge is -1.98. The Labute approximate surface area is 185 Å². The fourth-order valence-electron chi connectivity index (χ4n) is 2.77. The van der Waals surface area contributed by atoms with Gasteiger partial charge in [-0.1, -0.05) is 36.4 Å². The van der Waals surface area contributed by atoms with E-state index in [1.807, 2.05) is 60.7 Å². The third-order valence-corrected chi connectivity index (χ3v) is 4.52. The van der Waals surface area contributed by atoms with E-state index in [1.54, 1.807) is 48.5 Å². The van der Waals surface area contributed by atoms with Crippen molar-refractivity contribution in [1.82, 2.24) is 0 Å². The number of nitrogens with zero attached hydrogens (tertiary/aromatic N) is 4. The first-order valence-corrected chi connectivity index (χ1v) is 9.94. The van der Waals surface area contributed by atoms with Gasteiger partial charge in [0.25, 0.3) is 0 Å². The van der Waals surface area contributed by atoms with Crippen LogP contribution in [0.2, 0.25) is 0 Å². The molecule has 0 atom stereocenters. The lowest BCUT2D eigenvalue weighted by molar-refractivity contribution is 0.475. The highest BCUT2D eigenvalue weighted by Gasteiger charge is 1.95. The number of phenols is 2. The fraction of sp³-hybridized carbons (Fsp3) is 0. The smallest absolute Gasteiger partial charge is 0.115 e. The van der Waals surface area contributed by atoms with Crippen LogP contribution in [0.25, 0.3) is 12.2 Å². The molecule has 0 bridgehead atoms. The van der Waals surface area contributed by atoms with E-state index in [1.165, 1.54) is 0 Å². The van der Waals surface area contributed by atoms with Gasteiger partial charge in [0.05, 0.1) is 22.7 Å². The average Bonchev–Trinajstić information content (AvgIpc) is 2.83. The van der Waals surface area contributed by atoms with Crippen LogP contribution < -0.4 is 0 Å². The van der Waals surface area contributed by atoms with Crippen LogP contribution in [0.15, 0.2) is 118 Å². The molecule has 0 fully saturated rings. The average molecular weight is 420 g/mol. The highest BCUT2D eigenvalue weighted by atomic mass is 16.3. The van der Waals surface area contributed by atoms with Gasteiger partial charge in [-0.25, -0.2) is 0 Å². The largest absolute Gasteiger partial charge is 0.508 e. The fourth-order valence-corrected chi connectivity index (χ4v) is 2.77. The summed E-state index contributed by atoms with van der Waals surface area (Å²) < 4.78 is 0. The molecule has 0 saturated heterocycles. The van der Waals surface area contributed by atoms with Gasteiger partial charge in [0.1, 0.15) is 11.5 Å². The van der Waals surface area contributed by atoms with Crippen LogP contribution in [0.4, 0.5) is 22.7 Å². The highest BCUT2D eigenvalue weighted by molar-refractivity contribution is 5.70. The first-order valence-electron chi connectivity index (χ1n) is 9.94. The van der Waals surface area contributed by atoms with Gasteiger partial charge in [-0.05, 0) is 83.9 Å². The van der Waals surface area contributed by atoms with Crippen LogP contribution in [-0.2, 0) is 0 Å². The second kappa shape index (κ2) is 9.95. The Morgan fingerprint density at radius 2 is 0.625 bits per heavy atom. The van der Waals surface area contributed by atoms with Crippen molar-refractivity contribution in [2.75, 3.05) is 0 Å². The van der Waals surface area contributed by atoms with Crippen molar-refractivity contribution >= 4 is 34.9 Å². The standard InChI is InChI=1S/C26H20N4O2/c31-25-15-11-23(12-16-25)29-27-21-7-3-19(4-8-21)1-2-20-5-9-22(10-6-20)28-30-24-13-17-26(32)18-14-24/h1-18,31-32H/b2-1+,29-27+,30-28+. The monoisotopic (exact) mass is 420 g/mol. The zero-order valence-electron chi connectivity index (χ0n) is 17.1. The second-order valence-electron chi connectivity index (χ2n) is 6.95. The van der Waals surface area contributed by atoms with Crippen LogP contribution in [0.1, 0.15) is 11.1 Å². The summed E-state index contributed by atoms with van der Waals surface area (Å²) in [5.41, 5.74) is 4.95. The van der Waals surface area contributed by atoms with Crippen molar-refractivity contribution in [3.63, 3.8) is 0 Å². The lowest BCUT2D eigenvalue weighted by Crippen LogP contribution is -1.73. The molecular weight excluding hydrogens is 400 g/mol. The van der Waals surface area contributed by atoms with Crippen molar-refractivity contribution in [2.24, 2.45) is 20.5 Å². The van der Waals surface area contributed by atoms with E-state index in [-0.39, 0.29) is 11.5 Å². The van der Waals surface area contributed by atoms with Gasteiger partial charge in [0.2, 0.25) is 0 Å². The van der Waals surface area contributed by atoms with E-state index in [4.69, 9.17) is 0 Å². The van der Waals surface area contributed by atoms with Gasteiger partial charge in [-0.2, -0.15) is 20.5 Å². The zero-order chi connectivity index (χ0) is 22.2.